The number of rotatable bonds is 5. The van der Waals surface area contributed by atoms with Crippen LogP contribution in [-0.2, 0) is 14.4 Å². The standard InChI is InChI=1S/C24H27N3O3/c28-20(9-6-17-4-2-1-3-5-17)26-13-10-25(11-14-26)12-15-27-23(29)21-18-7-8-19(16-18)22(21)24(27)30/h1-9,18-19,21-22H,10-16H2/b9-6+/t18-,19+,21-,22+. The number of fused-ring (bicyclic) bond motifs is 5. The minimum absolute atomic E-state index is 0.0270. The second-order valence-electron chi connectivity index (χ2n) is 8.74. The molecule has 1 saturated carbocycles. The number of imide groups is 1. The predicted octanol–water partition coefficient (Wildman–Crippen LogP) is 1.65. The van der Waals surface area contributed by atoms with Gasteiger partial charge in [0.1, 0.15) is 0 Å². The first kappa shape index (κ1) is 19.2. The summed E-state index contributed by atoms with van der Waals surface area (Å²) in [4.78, 5) is 43.6. The molecule has 3 amide bonds. The summed E-state index contributed by atoms with van der Waals surface area (Å²) in [5.74, 6) is 0.388. The Hall–Kier alpha value is -2.73. The Morgan fingerprint density at radius 2 is 1.53 bits per heavy atom. The van der Waals surface area contributed by atoms with Gasteiger partial charge < -0.3 is 4.90 Å². The topological polar surface area (TPSA) is 60.9 Å². The first-order valence-corrected chi connectivity index (χ1v) is 10.9. The third-order valence-corrected chi connectivity index (χ3v) is 7.10. The zero-order chi connectivity index (χ0) is 20.7. The molecule has 2 aliphatic heterocycles. The molecule has 1 aromatic carbocycles. The van der Waals surface area contributed by atoms with Crippen molar-refractivity contribution in [1.82, 2.24) is 14.7 Å². The summed E-state index contributed by atoms with van der Waals surface area (Å²) in [6.07, 6.45) is 8.70. The van der Waals surface area contributed by atoms with Crippen molar-refractivity contribution in [3.63, 3.8) is 0 Å². The quantitative estimate of drug-likeness (QED) is 0.425. The third-order valence-electron chi connectivity index (χ3n) is 7.10. The van der Waals surface area contributed by atoms with Crippen LogP contribution in [0, 0.1) is 23.7 Å². The van der Waals surface area contributed by atoms with E-state index in [1.165, 1.54) is 4.90 Å². The van der Waals surface area contributed by atoms with Crippen LogP contribution in [0.15, 0.2) is 48.6 Å². The van der Waals surface area contributed by atoms with Gasteiger partial charge in [0.15, 0.2) is 0 Å². The van der Waals surface area contributed by atoms with Crippen molar-refractivity contribution < 1.29 is 14.4 Å². The Morgan fingerprint density at radius 1 is 0.900 bits per heavy atom. The first-order chi connectivity index (χ1) is 14.6. The number of carbonyl (C=O) groups is 3. The second-order valence-corrected chi connectivity index (χ2v) is 8.74. The van der Waals surface area contributed by atoms with Gasteiger partial charge in [-0.2, -0.15) is 0 Å². The molecule has 5 rings (SSSR count). The highest BCUT2D eigenvalue weighted by Gasteiger charge is 2.59. The second kappa shape index (κ2) is 7.84. The van der Waals surface area contributed by atoms with Crippen molar-refractivity contribution in [3.8, 4) is 0 Å². The molecule has 30 heavy (non-hydrogen) atoms. The maximum atomic E-state index is 12.8. The highest BCUT2D eigenvalue weighted by Crippen LogP contribution is 2.52. The van der Waals surface area contributed by atoms with Gasteiger partial charge in [-0.05, 0) is 29.9 Å². The van der Waals surface area contributed by atoms with E-state index in [0.29, 0.717) is 26.2 Å². The number of hydrogen-bond donors (Lipinski definition) is 0. The highest BCUT2D eigenvalue weighted by molar-refractivity contribution is 6.06. The number of hydrogen-bond acceptors (Lipinski definition) is 4. The normalized spacial score (nSPS) is 30.7. The molecule has 2 aliphatic carbocycles. The lowest BCUT2D eigenvalue weighted by Gasteiger charge is -2.34. The Bertz CT molecular complexity index is 872. The van der Waals surface area contributed by atoms with Gasteiger partial charge in [-0.1, -0.05) is 42.5 Å². The van der Waals surface area contributed by atoms with Gasteiger partial charge in [0.05, 0.1) is 11.8 Å². The fourth-order valence-corrected chi connectivity index (χ4v) is 5.45. The minimum Gasteiger partial charge on any atom is -0.337 e. The summed E-state index contributed by atoms with van der Waals surface area (Å²) < 4.78 is 0. The fourth-order valence-electron chi connectivity index (χ4n) is 5.45. The molecule has 156 valence electrons. The van der Waals surface area contributed by atoms with Crippen LogP contribution in [0.5, 0.6) is 0 Å². The molecule has 4 atom stereocenters. The molecule has 2 bridgehead atoms. The number of likely N-dealkylation sites (tertiary alicyclic amines) is 1. The third kappa shape index (κ3) is 3.39. The molecular weight excluding hydrogens is 378 g/mol. The molecule has 2 saturated heterocycles. The molecular formula is C24H27N3O3. The smallest absolute Gasteiger partial charge is 0.246 e. The van der Waals surface area contributed by atoms with Crippen LogP contribution in [0.3, 0.4) is 0 Å². The lowest BCUT2D eigenvalue weighted by molar-refractivity contribution is -0.141. The molecule has 0 aromatic heterocycles. The van der Waals surface area contributed by atoms with Gasteiger partial charge in [-0.15, -0.1) is 0 Å². The van der Waals surface area contributed by atoms with Crippen LogP contribution in [0.4, 0.5) is 0 Å². The SMILES string of the molecule is O=C(/C=C/c1ccccc1)N1CCN(CCN2C(=O)[C@@H]3[C@H](C2=O)[C@@H]2C=C[C@H]3C2)CC1. The zero-order valence-electron chi connectivity index (χ0n) is 17.0. The molecule has 0 radical (unpaired) electrons. The summed E-state index contributed by atoms with van der Waals surface area (Å²) in [7, 11) is 0. The van der Waals surface area contributed by atoms with Gasteiger partial charge in [-0.25, -0.2) is 0 Å². The van der Waals surface area contributed by atoms with Crippen molar-refractivity contribution in [3.05, 3.63) is 54.1 Å². The number of carbonyl (C=O) groups excluding carboxylic acids is 3. The monoisotopic (exact) mass is 405 g/mol. The van der Waals surface area contributed by atoms with E-state index in [1.807, 2.05) is 41.3 Å². The fraction of sp³-hybridized carbons (Fsp3) is 0.458. The molecule has 6 heteroatoms. The van der Waals surface area contributed by atoms with E-state index in [-0.39, 0.29) is 41.4 Å². The molecule has 0 spiro atoms. The minimum atomic E-state index is -0.113. The van der Waals surface area contributed by atoms with Crippen molar-refractivity contribution in [2.45, 2.75) is 6.42 Å². The molecule has 4 aliphatic rings. The number of benzene rings is 1. The largest absolute Gasteiger partial charge is 0.337 e. The van der Waals surface area contributed by atoms with Crippen LogP contribution < -0.4 is 0 Å². The van der Waals surface area contributed by atoms with Crippen molar-refractivity contribution in [2.24, 2.45) is 23.7 Å². The van der Waals surface area contributed by atoms with Crippen LogP contribution in [0.1, 0.15) is 12.0 Å². The van der Waals surface area contributed by atoms with Gasteiger partial charge in [-0.3, -0.25) is 24.2 Å². The summed E-state index contributed by atoms with van der Waals surface area (Å²) in [5.41, 5.74) is 1.01. The van der Waals surface area contributed by atoms with E-state index >= 15 is 0 Å². The van der Waals surface area contributed by atoms with Crippen molar-refractivity contribution in [2.75, 3.05) is 39.3 Å². The molecule has 0 unspecified atom stereocenters. The van der Waals surface area contributed by atoms with E-state index in [4.69, 9.17) is 0 Å². The summed E-state index contributed by atoms with van der Waals surface area (Å²) in [6, 6.07) is 9.80. The maximum absolute atomic E-state index is 12.8. The van der Waals surface area contributed by atoms with Gasteiger partial charge in [0.25, 0.3) is 0 Å². The molecule has 3 fully saturated rings. The van der Waals surface area contributed by atoms with Crippen LogP contribution in [0.25, 0.3) is 6.08 Å². The predicted molar refractivity (Wildman–Crippen MR) is 113 cm³/mol. The summed E-state index contributed by atoms with van der Waals surface area (Å²) in [5, 5.41) is 0. The van der Waals surface area contributed by atoms with E-state index in [1.54, 1.807) is 6.08 Å². The van der Waals surface area contributed by atoms with E-state index in [2.05, 4.69) is 17.1 Å². The Labute approximate surface area is 176 Å². The molecule has 6 nitrogen and oxygen atoms in total. The highest BCUT2D eigenvalue weighted by atomic mass is 16.2. The zero-order valence-corrected chi connectivity index (χ0v) is 17.0. The number of nitrogens with zero attached hydrogens (tertiary/aromatic N) is 3. The molecule has 0 N–H and O–H groups in total. The maximum Gasteiger partial charge on any atom is 0.246 e. The van der Waals surface area contributed by atoms with Crippen molar-refractivity contribution >= 4 is 23.8 Å². The Morgan fingerprint density at radius 3 is 2.17 bits per heavy atom. The number of piperazine rings is 1. The van der Waals surface area contributed by atoms with E-state index < -0.39 is 0 Å². The van der Waals surface area contributed by atoms with Crippen LogP contribution in [-0.4, -0.2) is 71.7 Å². The average molecular weight is 405 g/mol. The summed E-state index contributed by atoms with van der Waals surface area (Å²) >= 11 is 0. The Kier molecular flexibility index (Phi) is 5.03. The van der Waals surface area contributed by atoms with Crippen LogP contribution in [0.2, 0.25) is 0 Å². The molecule has 1 aromatic rings. The van der Waals surface area contributed by atoms with Crippen molar-refractivity contribution in [1.29, 1.82) is 0 Å². The van der Waals surface area contributed by atoms with Gasteiger partial charge in [0, 0.05) is 45.3 Å². The Balaban J connectivity index is 1.10. The van der Waals surface area contributed by atoms with E-state index in [9.17, 15) is 14.4 Å². The van der Waals surface area contributed by atoms with Gasteiger partial charge in [0.2, 0.25) is 17.7 Å². The number of amides is 3. The van der Waals surface area contributed by atoms with Gasteiger partial charge >= 0.3 is 0 Å². The lowest BCUT2D eigenvalue weighted by Crippen LogP contribution is -2.50. The van der Waals surface area contributed by atoms with E-state index in [0.717, 1.165) is 25.1 Å². The summed E-state index contributed by atoms with van der Waals surface area (Å²) in [6.45, 7) is 4.01. The lowest BCUT2D eigenvalue weighted by atomic mass is 9.85. The van der Waals surface area contributed by atoms with Crippen LogP contribution >= 0.6 is 0 Å². The average Bonchev–Trinajstić information content (AvgIpc) is 3.46. The molecule has 2 heterocycles. The first-order valence-electron chi connectivity index (χ1n) is 10.9. The number of allylic oxidation sites excluding steroid dienone is 2.